The minimum Gasteiger partial charge on any atom is -0.378 e. The lowest BCUT2D eigenvalue weighted by Gasteiger charge is -2.24. The second kappa shape index (κ2) is 7.65. The minimum absolute atomic E-state index is 0.362. The van der Waals surface area contributed by atoms with Crippen molar-refractivity contribution in [3.63, 3.8) is 0 Å². The molecule has 20 heavy (non-hydrogen) atoms. The van der Waals surface area contributed by atoms with Gasteiger partial charge in [-0.3, -0.25) is 0 Å². The van der Waals surface area contributed by atoms with E-state index in [9.17, 15) is 0 Å². The van der Waals surface area contributed by atoms with Gasteiger partial charge in [-0.1, -0.05) is 42.3 Å². The fraction of sp³-hybridized carbons (Fsp3) is 0.625. The average Bonchev–Trinajstić information content (AvgIpc) is 2.86. The van der Waals surface area contributed by atoms with Gasteiger partial charge < -0.3 is 10.1 Å². The highest BCUT2D eigenvalue weighted by Gasteiger charge is 2.29. The van der Waals surface area contributed by atoms with Crippen molar-refractivity contribution < 1.29 is 4.74 Å². The number of halogens is 2. The highest BCUT2D eigenvalue weighted by molar-refractivity contribution is 6.42. The van der Waals surface area contributed by atoms with Gasteiger partial charge in [0.25, 0.3) is 0 Å². The van der Waals surface area contributed by atoms with Crippen molar-refractivity contribution in [1.82, 2.24) is 5.32 Å². The standard InChI is InChI=1S/C16H23Cl2NO/c1-3-7-19-15(13-8-11(2)20-10-13)9-12-5-4-6-14(17)16(12)18/h4-6,11,13,15,19H,3,7-10H2,1-2H3. The first-order valence-corrected chi connectivity index (χ1v) is 8.15. The number of hydrogen-bond donors (Lipinski definition) is 1. The molecule has 0 saturated carbocycles. The van der Waals surface area contributed by atoms with Crippen LogP contribution in [0.4, 0.5) is 0 Å². The molecule has 0 amide bonds. The number of ether oxygens (including phenoxy) is 1. The number of rotatable bonds is 6. The van der Waals surface area contributed by atoms with Gasteiger partial charge in [0.1, 0.15) is 0 Å². The Morgan fingerprint density at radius 1 is 1.40 bits per heavy atom. The summed E-state index contributed by atoms with van der Waals surface area (Å²) in [7, 11) is 0. The van der Waals surface area contributed by atoms with Crippen LogP contribution in [0.1, 0.15) is 32.3 Å². The quantitative estimate of drug-likeness (QED) is 0.843. The predicted octanol–water partition coefficient (Wildman–Crippen LogP) is 4.33. The van der Waals surface area contributed by atoms with Gasteiger partial charge in [0.05, 0.1) is 22.8 Å². The second-order valence-electron chi connectivity index (χ2n) is 5.62. The van der Waals surface area contributed by atoms with Gasteiger partial charge in [-0.05, 0) is 44.4 Å². The lowest BCUT2D eigenvalue weighted by molar-refractivity contribution is 0.117. The van der Waals surface area contributed by atoms with Crippen LogP contribution in [0, 0.1) is 5.92 Å². The smallest absolute Gasteiger partial charge is 0.0624 e. The van der Waals surface area contributed by atoms with Crippen LogP contribution in [0.15, 0.2) is 18.2 Å². The van der Waals surface area contributed by atoms with Crippen molar-refractivity contribution in [2.45, 2.75) is 45.3 Å². The average molecular weight is 316 g/mol. The van der Waals surface area contributed by atoms with Crippen LogP contribution in [0.3, 0.4) is 0 Å². The van der Waals surface area contributed by atoms with Crippen LogP contribution >= 0.6 is 23.2 Å². The molecule has 1 saturated heterocycles. The maximum Gasteiger partial charge on any atom is 0.0624 e. The highest BCUT2D eigenvalue weighted by Crippen LogP contribution is 2.30. The summed E-state index contributed by atoms with van der Waals surface area (Å²) >= 11 is 12.4. The lowest BCUT2D eigenvalue weighted by Crippen LogP contribution is -2.39. The lowest BCUT2D eigenvalue weighted by atomic mass is 9.91. The van der Waals surface area contributed by atoms with E-state index >= 15 is 0 Å². The number of hydrogen-bond acceptors (Lipinski definition) is 2. The summed E-state index contributed by atoms with van der Waals surface area (Å²) in [5.74, 6) is 0.548. The molecule has 3 unspecified atom stereocenters. The van der Waals surface area contributed by atoms with Crippen LogP contribution in [0.2, 0.25) is 10.0 Å². The fourth-order valence-corrected chi connectivity index (χ4v) is 3.21. The summed E-state index contributed by atoms with van der Waals surface area (Å²) in [6.45, 7) is 6.18. The van der Waals surface area contributed by atoms with Gasteiger partial charge in [0.15, 0.2) is 0 Å². The van der Waals surface area contributed by atoms with Crippen LogP contribution in [0.5, 0.6) is 0 Å². The summed E-state index contributed by atoms with van der Waals surface area (Å²) < 4.78 is 5.72. The SMILES string of the molecule is CCCNC(Cc1cccc(Cl)c1Cl)C1COC(C)C1. The molecule has 112 valence electrons. The normalized spacial score (nSPS) is 24.0. The number of benzene rings is 1. The molecule has 0 radical (unpaired) electrons. The molecule has 0 aromatic heterocycles. The molecular weight excluding hydrogens is 293 g/mol. The summed E-state index contributed by atoms with van der Waals surface area (Å²) in [6.07, 6.45) is 3.50. The van der Waals surface area contributed by atoms with Crippen molar-refractivity contribution in [1.29, 1.82) is 0 Å². The molecule has 3 atom stereocenters. The van der Waals surface area contributed by atoms with Crippen molar-refractivity contribution in [2.75, 3.05) is 13.2 Å². The molecule has 0 bridgehead atoms. The van der Waals surface area contributed by atoms with Gasteiger partial charge in [-0.25, -0.2) is 0 Å². The molecule has 0 spiro atoms. The Balaban J connectivity index is 2.08. The Kier molecular flexibility index (Phi) is 6.16. The fourth-order valence-electron chi connectivity index (χ4n) is 2.81. The van der Waals surface area contributed by atoms with E-state index in [-0.39, 0.29) is 0 Å². The molecule has 4 heteroatoms. The molecule has 1 aromatic carbocycles. The third-order valence-corrected chi connectivity index (χ3v) is 4.78. The Morgan fingerprint density at radius 2 is 2.20 bits per heavy atom. The first kappa shape index (κ1) is 16.1. The topological polar surface area (TPSA) is 21.3 Å². The van der Waals surface area contributed by atoms with Gasteiger partial charge in [-0.15, -0.1) is 0 Å². The maximum absolute atomic E-state index is 6.32. The third-order valence-electron chi connectivity index (χ3n) is 3.93. The monoisotopic (exact) mass is 315 g/mol. The first-order chi connectivity index (χ1) is 9.61. The van der Waals surface area contributed by atoms with Crippen LogP contribution < -0.4 is 5.32 Å². The first-order valence-electron chi connectivity index (χ1n) is 7.39. The van der Waals surface area contributed by atoms with E-state index < -0.39 is 0 Å². The summed E-state index contributed by atoms with van der Waals surface area (Å²) in [6, 6.07) is 6.26. The Labute approximate surface area is 131 Å². The van der Waals surface area contributed by atoms with Crippen molar-refractivity contribution in [3.8, 4) is 0 Å². The molecule has 1 aliphatic rings. The third kappa shape index (κ3) is 4.11. The molecule has 2 nitrogen and oxygen atoms in total. The predicted molar refractivity (Wildman–Crippen MR) is 85.8 cm³/mol. The molecule has 1 aliphatic heterocycles. The van der Waals surface area contributed by atoms with Crippen molar-refractivity contribution in [3.05, 3.63) is 33.8 Å². The Bertz CT molecular complexity index is 438. The van der Waals surface area contributed by atoms with Gasteiger partial charge in [-0.2, -0.15) is 0 Å². The maximum atomic E-state index is 6.32. The van der Waals surface area contributed by atoms with E-state index in [0.29, 0.717) is 28.1 Å². The molecule has 1 fully saturated rings. The van der Waals surface area contributed by atoms with Crippen molar-refractivity contribution in [2.24, 2.45) is 5.92 Å². The van der Waals surface area contributed by atoms with Gasteiger partial charge >= 0.3 is 0 Å². The van der Waals surface area contributed by atoms with Crippen molar-refractivity contribution >= 4 is 23.2 Å². The Hall–Kier alpha value is -0.280. The van der Waals surface area contributed by atoms with Gasteiger partial charge in [0, 0.05) is 12.0 Å². The summed E-state index contributed by atoms with van der Waals surface area (Å²) in [5, 5.41) is 4.96. The largest absolute Gasteiger partial charge is 0.378 e. The van der Waals surface area contributed by atoms with Crippen LogP contribution in [-0.4, -0.2) is 25.3 Å². The zero-order valence-electron chi connectivity index (χ0n) is 12.2. The molecule has 1 aromatic rings. The molecular formula is C16H23Cl2NO. The van der Waals surface area contributed by atoms with Crippen LogP contribution in [0.25, 0.3) is 0 Å². The molecule has 2 rings (SSSR count). The number of nitrogens with one attached hydrogen (secondary N) is 1. The van der Waals surface area contributed by atoms with Crippen LogP contribution in [-0.2, 0) is 11.2 Å². The highest BCUT2D eigenvalue weighted by atomic mass is 35.5. The Morgan fingerprint density at radius 3 is 2.85 bits per heavy atom. The van der Waals surface area contributed by atoms with E-state index in [0.717, 1.165) is 38.0 Å². The molecule has 1 N–H and O–H groups in total. The van der Waals surface area contributed by atoms with E-state index in [4.69, 9.17) is 27.9 Å². The zero-order valence-corrected chi connectivity index (χ0v) is 13.7. The summed E-state index contributed by atoms with van der Waals surface area (Å²) in [4.78, 5) is 0. The minimum atomic E-state index is 0.362. The van der Waals surface area contributed by atoms with E-state index in [1.54, 1.807) is 0 Å². The van der Waals surface area contributed by atoms with Gasteiger partial charge in [0.2, 0.25) is 0 Å². The molecule has 0 aliphatic carbocycles. The summed E-state index contributed by atoms with van der Waals surface area (Å²) in [5.41, 5.74) is 1.12. The second-order valence-corrected chi connectivity index (χ2v) is 6.40. The van der Waals surface area contributed by atoms with E-state index in [2.05, 4.69) is 25.2 Å². The molecule has 1 heterocycles. The van der Waals surface area contributed by atoms with E-state index in [1.165, 1.54) is 0 Å². The zero-order chi connectivity index (χ0) is 14.5. The van der Waals surface area contributed by atoms with E-state index in [1.807, 2.05) is 12.1 Å².